The summed E-state index contributed by atoms with van der Waals surface area (Å²) in [7, 11) is 0. The summed E-state index contributed by atoms with van der Waals surface area (Å²) in [5.74, 6) is 0.0449. The number of aliphatic hydroxyl groups is 3. The van der Waals surface area contributed by atoms with Gasteiger partial charge in [-0.3, -0.25) is 4.79 Å². The lowest BCUT2D eigenvalue weighted by atomic mass is 9.92. The number of carbonyl (C=O) groups excluding carboxylic acids is 1. The molecule has 0 aliphatic carbocycles. The second-order valence-corrected chi connectivity index (χ2v) is 9.49. The number of fused-ring (bicyclic) bond motifs is 1. The van der Waals surface area contributed by atoms with E-state index >= 15 is 0 Å². The van der Waals surface area contributed by atoms with Gasteiger partial charge in [0.25, 0.3) is 0 Å². The Kier molecular flexibility index (Phi) is 7.88. The summed E-state index contributed by atoms with van der Waals surface area (Å²) in [5.41, 5.74) is -0.725. The molecular weight excluding hydrogens is 408 g/mol. The molecule has 0 spiro atoms. The Bertz CT molecular complexity index is 542. The van der Waals surface area contributed by atoms with Crippen LogP contribution in [0.3, 0.4) is 0 Å². The third kappa shape index (κ3) is 4.62. The summed E-state index contributed by atoms with van der Waals surface area (Å²) in [6, 6.07) is -1.23. The summed E-state index contributed by atoms with van der Waals surface area (Å²) < 4.78 is 11.7. The number of hydrogen-bond acceptors (Lipinski definition) is 8. The zero-order chi connectivity index (χ0) is 20.4. The monoisotopic (exact) mass is 438 g/mol. The summed E-state index contributed by atoms with van der Waals surface area (Å²) in [4.78, 5) is 13.0. The lowest BCUT2D eigenvalue weighted by Crippen LogP contribution is -2.65. The van der Waals surface area contributed by atoms with Crippen LogP contribution in [0.2, 0.25) is 0 Å². The normalized spacial score (nSPS) is 43.6. The van der Waals surface area contributed by atoms with Crippen LogP contribution in [0.4, 0.5) is 0 Å². The van der Waals surface area contributed by atoms with Crippen LogP contribution in [0, 0.1) is 5.92 Å². The Morgan fingerprint density at radius 1 is 1.25 bits per heavy atom. The number of halogens is 1. The Morgan fingerprint density at radius 2 is 2.00 bits per heavy atom. The maximum atomic E-state index is 13.0. The molecule has 10 atom stereocenters. The van der Waals surface area contributed by atoms with Crippen molar-refractivity contribution in [3.8, 4) is 0 Å². The number of thioether (sulfide) groups is 1. The van der Waals surface area contributed by atoms with E-state index in [2.05, 4.69) is 10.6 Å². The predicted octanol–water partition coefficient (Wildman–Crippen LogP) is -0.574. The summed E-state index contributed by atoms with van der Waals surface area (Å²) in [6.45, 7) is 3.07. The van der Waals surface area contributed by atoms with E-state index in [0.29, 0.717) is 12.5 Å². The molecule has 0 aromatic heterocycles. The maximum Gasteiger partial charge on any atom is 0.240 e. The van der Waals surface area contributed by atoms with Crippen LogP contribution < -0.4 is 10.6 Å². The molecule has 162 valence electrons. The SMILES string of the molecule is CSC1OC(C(NC(=O)C2NCC3CCCCOC32)C(C)Cl)C(O)C(O)C1O. The van der Waals surface area contributed by atoms with Gasteiger partial charge >= 0.3 is 0 Å². The molecule has 3 heterocycles. The first kappa shape index (κ1) is 22.6. The van der Waals surface area contributed by atoms with Crippen molar-refractivity contribution in [1.82, 2.24) is 10.6 Å². The maximum absolute atomic E-state index is 13.0. The van der Waals surface area contributed by atoms with Gasteiger partial charge in [-0.2, -0.15) is 0 Å². The molecule has 3 saturated heterocycles. The molecule has 0 aromatic carbocycles. The zero-order valence-electron chi connectivity index (χ0n) is 16.2. The average molecular weight is 439 g/mol. The van der Waals surface area contributed by atoms with Crippen LogP contribution in [-0.2, 0) is 14.3 Å². The third-order valence-corrected chi connectivity index (χ3v) is 7.08. The van der Waals surface area contributed by atoms with Crippen molar-refractivity contribution >= 4 is 29.3 Å². The number of aliphatic hydroxyl groups excluding tert-OH is 3. The highest BCUT2D eigenvalue weighted by molar-refractivity contribution is 7.99. The Morgan fingerprint density at radius 3 is 2.68 bits per heavy atom. The molecule has 10 heteroatoms. The molecule has 3 aliphatic heterocycles. The van der Waals surface area contributed by atoms with Crippen molar-refractivity contribution in [2.75, 3.05) is 19.4 Å². The lowest BCUT2D eigenvalue weighted by molar-refractivity contribution is -0.205. The van der Waals surface area contributed by atoms with Gasteiger partial charge in [-0.1, -0.05) is 6.42 Å². The molecular formula is C18H31ClN2O6S. The standard InChI is InChI=1S/C18H31ClN2O6S/c1-8(19)10(16-13(23)12(22)14(24)18(27-16)28-2)21-17(25)11-15-9(7-20-11)5-3-4-6-26-15/h8-16,18,20,22-24H,3-7H2,1-2H3,(H,21,25). The molecule has 3 rings (SSSR count). The van der Waals surface area contributed by atoms with Crippen LogP contribution in [-0.4, -0.2) is 94.1 Å². The second-order valence-electron chi connectivity index (χ2n) is 7.87. The van der Waals surface area contributed by atoms with Crippen molar-refractivity contribution in [2.45, 2.75) is 79.6 Å². The first-order valence-corrected chi connectivity index (χ1v) is 11.6. The van der Waals surface area contributed by atoms with Crippen molar-refractivity contribution in [3.05, 3.63) is 0 Å². The molecule has 5 N–H and O–H groups in total. The van der Waals surface area contributed by atoms with Crippen molar-refractivity contribution in [1.29, 1.82) is 0 Å². The van der Waals surface area contributed by atoms with Crippen LogP contribution >= 0.6 is 23.4 Å². The van der Waals surface area contributed by atoms with E-state index in [1.807, 2.05) is 0 Å². The molecule has 0 bridgehead atoms. The van der Waals surface area contributed by atoms with Crippen molar-refractivity contribution in [3.63, 3.8) is 0 Å². The first-order chi connectivity index (χ1) is 13.3. The molecule has 1 amide bonds. The van der Waals surface area contributed by atoms with Gasteiger partial charge in [0.05, 0.1) is 17.5 Å². The van der Waals surface area contributed by atoms with E-state index in [4.69, 9.17) is 21.1 Å². The van der Waals surface area contributed by atoms with E-state index in [-0.39, 0.29) is 12.0 Å². The quantitative estimate of drug-likeness (QED) is 0.362. The fraction of sp³-hybridized carbons (Fsp3) is 0.944. The van der Waals surface area contributed by atoms with E-state index in [1.165, 1.54) is 11.8 Å². The highest BCUT2D eigenvalue weighted by Gasteiger charge is 2.49. The van der Waals surface area contributed by atoms with Gasteiger partial charge in [0, 0.05) is 13.2 Å². The zero-order valence-corrected chi connectivity index (χ0v) is 17.7. The minimum atomic E-state index is -1.38. The highest BCUT2D eigenvalue weighted by atomic mass is 35.5. The van der Waals surface area contributed by atoms with Crippen LogP contribution in [0.15, 0.2) is 0 Å². The minimum absolute atomic E-state index is 0.183. The smallest absolute Gasteiger partial charge is 0.240 e. The predicted molar refractivity (Wildman–Crippen MR) is 106 cm³/mol. The number of nitrogens with one attached hydrogen (secondary N) is 2. The van der Waals surface area contributed by atoms with E-state index in [1.54, 1.807) is 13.2 Å². The van der Waals surface area contributed by atoms with Gasteiger partial charge in [-0.15, -0.1) is 23.4 Å². The van der Waals surface area contributed by atoms with Crippen LogP contribution in [0.25, 0.3) is 0 Å². The molecule has 3 aliphatic rings. The molecule has 10 unspecified atom stereocenters. The Balaban J connectivity index is 1.71. The molecule has 0 aromatic rings. The fourth-order valence-electron chi connectivity index (χ4n) is 4.33. The van der Waals surface area contributed by atoms with E-state index in [9.17, 15) is 20.1 Å². The third-order valence-electron chi connectivity index (χ3n) is 5.95. The average Bonchev–Trinajstić information content (AvgIpc) is 2.93. The number of carbonyl (C=O) groups is 1. The van der Waals surface area contributed by atoms with Crippen molar-refractivity contribution in [2.24, 2.45) is 5.92 Å². The highest BCUT2D eigenvalue weighted by Crippen LogP contribution is 2.31. The topological polar surface area (TPSA) is 120 Å². The Hall–Kier alpha value is -0.130. The fourth-order valence-corrected chi connectivity index (χ4v) is 5.21. The van der Waals surface area contributed by atoms with Gasteiger partial charge in [0.2, 0.25) is 5.91 Å². The number of rotatable bonds is 5. The lowest BCUT2D eigenvalue weighted by Gasteiger charge is -2.44. The summed E-state index contributed by atoms with van der Waals surface area (Å²) in [5, 5.41) is 36.3. The second kappa shape index (κ2) is 9.78. The molecule has 28 heavy (non-hydrogen) atoms. The number of hydrogen-bond donors (Lipinski definition) is 5. The molecule has 0 saturated carbocycles. The van der Waals surface area contributed by atoms with Gasteiger partial charge in [-0.25, -0.2) is 0 Å². The van der Waals surface area contributed by atoms with E-state index in [0.717, 1.165) is 25.8 Å². The first-order valence-electron chi connectivity index (χ1n) is 9.87. The van der Waals surface area contributed by atoms with Crippen LogP contribution in [0.1, 0.15) is 26.2 Å². The molecule has 8 nitrogen and oxygen atoms in total. The number of amides is 1. The summed E-state index contributed by atoms with van der Waals surface area (Å²) >= 11 is 7.55. The van der Waals surface area contributed by atoms with Gasteiger partial charge in [0.1, 0.15) is 35.9 Å². The van der Waals surface area contributed by atoms with Crippen molar-refractivity contribution < 1.29 is 29.6 Å². The van der Waals surface area contributed by atoms with Gasteiger partial charge in [-0.05, 0) is 31.9 Å². The molecule has 3 fully saturated rings. The van der Waals surface area contributed by atoms with Gasteiger partial charge in [0.15, 0.2) is 0 Å². The molecule has 0 radical (unpaired) electrons. The largest absolute Gasteiger partial charge is 0.388 e. The summed E-state index contributed by atoms with van der Waals surface area (Å²) in [6.07, 6.45) is -0.247. The minimum Gasteiger partial charge on any atom is -0.388 e. The Labute approximate surface area is 174 Å². The number of alkyl halides is 1. The van der Waals surface area contributed by atoms with Crippen LogP contribution in [0.5, 0.6) is 0 Å². The van der Waals surface area contributed by atoms with E-state index < -0.39 is 47.3 Å². The van der Waals surface area contributed by atoms with Gasteiger partial charge < -0.3 is 35.4 Å². The number of ether oxygens (including phenoxy) is 2.